The Bertz CT molecular complexity index is 1310. The number of carbonyl (C=O) groups excluding carboxylic acids is 2. The van der Waals surface area contributed by atoms with Gasteiger partial charge in [0.1, 0.15) is 0 Å². The monoisotopic (exact) mass is 465 g/mol. The van der Waals surface area contributed by atoms with Gasteiger partial charge in [-0.3, -0.25) is 4.79 Å². The van der Waals surface area contributed by atoms with Crippen LogP contribution in [-0.4, -0.2) is 29.9 Å². The fourth-order valence-corrected chi connectivity index (χ4v) is 4.87. The molecule has 0 bridgehead atoms. The zero-order chi connectivity index (χ0) is 24.2. The van der Waals surface area contributed by atoms with Crippen LogP contribution in [0.3, 0.4) is 0 Å². The number of urea groups is 1. The van der Waals surface area contributed by atoms with Crippen molar-refractivity contribution in [1.29, 1.82) is 5.26 Å². The molecule has 3 N–H and O–H groups in total. The molecule has 1 saturated heterocycles. The molecule has 35 heavy (non-hydrogen) atoms. The molecule has 7 nitrogen and oxygen atoms in total. The van der Waals surface area contributed by atoms with Crippen LogP contribution in [0.15, 0.2) is 66.7 Å². The van der Waals surface area contributed by atoms with E-state index in [0.717, 1.165) is 43.6 Å². The Hall–Kier alpha value is -4.15. The van der Waals surface area contributed by atoms with E-state index in [4.69, 9.17) is 5.26 Å². The number of likely N-dealkylation sites (tertiary alicyclic amines) is 1. The number of nitrogens with zero attached hydrogens (tertiary/aromatic N) is 2. The average molecular weight is 466 g/mol. The highest BCUT2D eigenvalue weighted by atomic mass is 16.2. The number of carbonyl (C=O) groups is 2. The van der Waals surface area contributed by atoms with Gasteiger partial charge in [0.2, 0.25) is 0 Å². The van der Waals surface area contributed by atoms with Gasteiger partial charge in [0.05, 0.1) is 17.7 Å². The third kappa shape index (κ3) is 5.03. The second-order valence-electron chi connectivity index (χ2n) is 8.96. The van der Waals surface area contributed by atoms with Gasteiger partial charge < -0.3 is 20.9 Å². The topological polar surface area (TPSA) is 97.3 Å². The van der Waals surface area contributed by atoms with E-state index in [9.17, 15) is 9.59 Å². The lowest BCUT2D eigenvalue weighted by Gasteiger charge is -2.25. The molecule has 0 aliphatic carbocycles. The molecule has 3 aromatic carbocycles. The highest BCUT2D eigenvalue weighted by Gasteiger charge is 2.30. The SMILES string of the molecule is N#Cc1cccc(NC(=O)N2CCCC2c2cccc(C(=O)Nc3ccc4c(c3)CNCC4)c2)c1. The Labute approximate surface area is 204 Å². The van der Waals surface area contributed by atoms with Gasteiger partial charge in [-0.1, -0.05) is 24.3 Å². The molecule has 2 aliphatic rings. The summed E-state index contributed by atoms with van der Waals surface area (Å²) in [5.41, 5.74) is 5.91. The summed E-state index contributed by atoms with van der Waals surface area (Å²) in [6, 6.07) is 22.2. The number of nitrogens with one attached hydrogen (secondary N) is 3. The molecule has 3 amide bonds. The minimum absolute atomic E-state index is 0.114. The first-order chi connectivity index (χ1) is 17.1. The molecule has 1 atom stereocenters. The fraction of sp³-hybridized carbons (Fsp3) is 0.250. The van der Waals surface area contributed by atoms with Crippen LogP contribution in [0.1, 0.15) is 51.5 Å². The van der Waals surface area contributed by atoms with Gasteiger partial charge >= 0.3 is 6.03 Å². The van der Waals surface area contributed by atoms with E-state index < -0.39 is 0 Å². The van der Waals surface area contributed by atoms with Crippen molar-refractivity contribution in [3.8, 4) is 6.07 Å². The number of fused-ring (bicyclic) bond motifs is 1. The van der Waals surface area contributed by atoms with Crippen molar-refractivity contribution in [2.75, 3.05) is 23.7 Å². The van der Waals surface area contributed by atoms with Crippen LogP contribution in [0.4, 0.5) is 16.2 Å². The Morgan fingerprint density at radius 2 is 1.83 bits per heavy atom. The first-order valence-electron chi connectivity index (χ1n) is 11.9. The Balaban J connectivity index is 1.29. The number of anilines is 2. The first kappa shape index (κ1) is 22.6. The summed E-state index contributed by atoms with van der Waals surface area (Å²) >= 11 is 0. The van der Waals surface area contributed by atoms with Crippen LogP contribution in [0.25, 0.3) is 0 Å². The van der Waals surface area contributed by atoms with Crippen molar-refractivity contribution in [3.63, 3.8) is 0 Å². The zero-order valence-corrected chi connectivity index (χ0v) is 19.4. The van der Waals surface area contributed by atoms with Gasteiger partial charge in [0.15, 0.2) is 0 Å². The second-order valence-corrected chi connectivity index (χ2v) is 8.96. The first-order valence-corrected chi connectivity index (χ1v) is 11.9. The summed E-state index contributed by atoms with van der Waals surface area (Å²) in [6.07, 6.45) is 2.71. The minimum Gasteiger partial charge on any atom is -0.322 e. The van der Waals surface area contributed by atoms with Crippen molar-refractivity contribution in [2.45, 2.75) is 31.8 Å². The standard InChI is InChI=1S/C28H27N5O2/c29-17-19-4-1-7-24(14-19)32-28(35)33-13-3-8-26(33)21-5-2-6-22(15-21)27(34)31-25-10-9-20-11-12-30-18-23(20)16-25/h1-2,4-7,9-10,14-16,26,30H,3,8,11-13,18H2,(H,31,34)(H,32,35). The molecular formula is C28H27N5O2. The van der Waals surface area contributed by atoms with E-state index >= 15 is 0 Å². The molecule has 5 rings (SSSR count). The number of amides is 3. The van der Waals surface area contributed by atoms with Gasteiger partial charge in [0.25, 0.3) is 5.91 Å². The molecule has 0 spiro atoms. The van der Waals surface area contributed by atoms with E-state index in [0.29, 0.717) is 23.4 Å². The van der Waals surface area contributed by atoms with E-state index in [1.807, 2.05) is 30.3 Å². The maximum Gasteiger partial charge on any atom is 0.322 e. The number of hydrogen-bond acceptors (Lipinski definition) is 4. The summed E-state index contributed by atoms with van der Waals surface area (Å²) in [5, 5.41) is 18.4. The molecule has 2 heterocycles. The molecule has 0 aromatic heterocycles. The maximum absolute atomic E-state index is 13.0. The number of benzene rings is 3. The molecule has 1 unspecified atom stereocenters. The third-order valence-electron chi connectivity index (χ3n) is 6.64. The summed E-state index contributed by atoms with van der Waals surface area (Å²) in [7, 11) is 0. The highest BCUT2D eigenvalue weighted by molar-refractivity contribution is 6.04. The van der Waals surface area contributed by atoms with E-state index in [2.05, 4.69) is 28.1 Å². The van der Waals surface area contributed by atoms with Crippen molar-refractivity contribution in [1.82, 2.24) is 10.2 Å². The van der Waals surface area contributed by atoms with Crippen LogP contribution in [-0.2, 0) is 13.0 Å². The lowest BCUT2D eigenvalue weighted by atomic mass is 10.00. The van der Waals surface area contributed by atoms with Gasteiger partial charge in [-0.05, 0) is 85.0 Å². The van der Waals surface area contributed by atoms with Crippen molar-refractivity contribution in [3.05, 3.63) is 94.5 Å². The molecule has 1 fully saturated rings. The van der Waals surface area contributed by atoms with Crippen molar-refractivity contribution in [2.24, 2.45) is 0 Å². The quantitative estimate of drug-likeness (QED) is 0.514. The predicted octanol–water partition coefficient (Wildman–Crippen LogP) is 4.83. The van der Waals surface area contributed by atoms with E-state index in [1.54, 1.807) is 35.2 Å². The van der Waals surface area contributed by atoms with Gasteiger partial charge in [-0.25, -0.2) is 4.79 Å². The lowest BCUT2D eigenvalue weighted by molar-refractivity contribution is 0.102. The molecule has 2 aliphatic heterocycles. The molecule has 0 radical (unpaired) electrons. The normalized spacial score (nSPS) is 16.8. The van der Waals surface area contributed by atoms with Crippen LogP contribution in [0, 0.1) is 11.3 Å². The van der Waals surface area contributed by atoms with Crippen LogP contribution < -0.4 is 16.0 Å². The van der Waals surface area contributed by atoms with Crippen LogP contribution in [0.5, 0.6) is 0 Å². The third-order valence-corrected chi connectivity index (χ3v) is 6.64. The van der Waals surface area contributed by atoms with Gasteiger partial charge in [0, 0.05) is 30.0 Å². The predicted molar refractivity (Wildman–Crippen MR) is 135 cm³/mol. The summed E-state index contributed by atoms with van der Waals surface area (Å²) < 4.78 is 0. The largest absolute Gasteiger partial charge is 0.322 e. The highest BCUT2D eigenvalue weighted by Crippen LogP contribution is 2.33. The van der Waals surface area contributed by atoms with Crippen LogP contribution >= 0.6 is 0 Å². The molecule has 176 valence electrons. The number of rotatable bonds is 4. The zero-order valence-electron chi connectivity index (χ0n) is 19.4. The Morgan fingerprint density at radius 3 is 2.71 bits per heavy atom. The van der Waals surface area contributed by atoms with Crippen LogP contribution in [0.2, 0.25) is 0 Å². The Kier molecular flexibility index (Phi) is 6.47. The lowest BCUT2D eigenvalue weighted by Crippen LogP contribution is -2.34. The molecular weight excluding hydrogens is 438 g/mol. The average Bonchev–Trinajstić information content (AvgIpc) is 3.39. The smallest absolute Gasteiger partial charge is 0.322 e. The van der Waals surface area contributed by atoms with Gasteiger partial charge in [-0.2, -0.15) is 5.26 Å². The maximum atomic E-state index is 13.0. The van der Waals surface area contributed by atoms with Gasteiger partial charge in [-0.15, -0.1) is 0 Å². The minimum atomic E-state index is -0.208. The van der Waals surface area contributed by atoms with E-state index in [-0.39, 0.29) is 18.0 Å². The summed E-state index contributed by atoms with van der Waals surface area (Å²) in [6.45, 7) is 2.43. The molecule has 7 heteroatoms. The summed E-state index contributed by atoms with van der Waals surface area (Å²) in [4.78, 5) is 27.8. The van der Waals surface area contributed by atoms with Crippen molar-refractivity contribution >= 4 is 23.3 Å². The number of nitriles is 1. The molecule has 0 saturated carbocycles. The van der Waals surface area contributed by atoms with Crippen molar-refractivity contribution < 1.29 is 9.59 Å². The molecule has 3 aromatic rings. The second kappa shape index (κ2) is 10.00. The number of hydrogen-bond donors (Lipinski definition) is 3. The Morgan fingerprint density at radius 1 is 0.971 bits per heavy atom. The fourth-order valence-electron chi connectivity index (χ4n) is 4.87. The summed E-state index contributed by atoms with van der Waals surface area (Å²) in [5.74, 6) is -0.169. The van der Waals surface area contributed by atoms with E-state index in [1.165, 1.54) is 11.1 Å².